The lowest BCUT2D eigenvalue weighted by Crippen LogP contribution is -2.53. The van der Waals surface area contributed by atoms with E-state index in [1.165, 1.54) is 0 Å². The zero-order valence-corrected chi connectivity index (χ0v) is 12.2. The Balaban J connectivity index is 2.34. The molecule has 0 aliphatic carbocycles. The van der Waals surface area contributed by atoms with Gasteiger partial charge < -0.3 is 10.6 Å². The van der Waals surface area contributed by atoms with Gasteiger partial charge in [0.2, 0.25) is 15.9 Å². The van der Waals surface area contributed by atoms with Gasteiger partial charge in [0, 0.05) is 32.7 Å². The molecule has 0 aromatic rings. The summed E-state index contributed by atoms with van der Waals surface area (Å²) in [6.45, 7) is 4.95. The summed E-state index contributed by atoms with van der Waals surface area (Å²) in [5.74, 6) is -0.0519. The maximum absolute atomic E-state index is 12.0. The first kappa shape index (κ1) is 16.4. The molecule has 0 bridgehead atoms. The van der Waals surface area contributed by atoms with E-state index in [0.717, 1.165) is 6.42 Å². The smallest absolute Gasteiger partial charge is 0.239 e. The van der Waals surface area contributed by atoms with E-state index in [4.69, 9.17) is 10.9 Å². The van der Waals surface area contributed by atoms with Crippen molar-refractivity contribution in [2.45, 2.75) is 25.8 Å². The first-order chi connectivity index (χ1) is 8.83. The van der Waals surface area contributed by atoms with Gasteiger partial charge >= 0.3 is 0 Å². The average molecular weight is 292 g/mol. The summed E-state index contributed by atoms with van der Waals surface area (Å²) in [7, 11) is -3.42. The predicted molar refractivity (Wildman–Crippen MR) is 73.9 cm³/mol. The van der Waals surface area contributed by atoms with Gasteiger partial charge in [-0.15, -0.1) is 0 Å². The van der Waals surface area contributed by atoms with Gasteiger partial charge in [-0.2, -0.15) is 0 Å². The Bertz CT molecular complexity index is 391. The standard InChI is InChI=1S/C11H24N4O3S/c1-2-3-10(12)11(16)15-6-4-14(5-7-15)8-9-19(13,17)18/h10H,2-9,12H2,1H3,(H2,13,17,18). The van der Waals surface area contributed by atoms with Gasteiger partial charge in [0.25, 0.3) is 0 Å². The molecular formula is C11H24N4O3S. The van der Waals surface area contributed by atoms with E-state index in [-0.39, 0.29) is 11.7 Å². The molecule has 1 amide bonds. The highest BCUT2D eigenvalue weighted by atomic mass is 32.2. The molecule has 1 fully saturated rings. The van der Waals surface area contributed by atoms with E-state index in [2.05, 4.69) is 0 Å². The van der Waals surface area contributed by atoms with Crippen molar-refractivity contribution >= 4 is 15.9 Å². The average Bonchev–Trinajstić information content (AvgIpc) is 2.35. The molecule has 4 N–H and O–H groups in total. The molecular weight excluding hydrogens is 268 g/mol. The Morgan fingerprint density at radius 3 is 2.32 bits per heavy atom. The number of hydrogen-bond donors (Lipinski definition) is 2. The molecule has 1 aliphatic rings. The van der Waals surface area contributed by atoms with Gasteiger partial charge in [-0.1, -0.05) is 13.3 Å². The fourth-order valence-corrected chi connectivity index (χ4v) is 2.63. The highest BCUT2D eigenvalue weighted by Gasteiger charge is 2.24. The summed E-state index contributed by atoms with van der Waals surface area (Å²) in [5, 5.41) is 4.97. The summed E-state index contributed by atoms with van der Waals surface area (Å²) in [6.07, 6.45) is 1.59. The van der Waals surface area contributed by atoms with Crippen molar-refractivity contribution in [1.82, 2.24) is 9.80 Å². The molecule has 1 aliphatic heterocycles. The highest BCUT2D eigenvalue weighted by molar-refractivity contribution is 7.89. The van der Waals surface area contributed by atoms with E-state index in [9.17, 15) is 13.2 Å². The van der Waals surface area contributed by atoms with Crippen LogP contribution in [0, 0.1) is 0 Å². The van der Waals surface area contributed by atoms with Crippen molar-refractivity contribution in [3.63, 3.8) is 0 Å². The molecule has 0 spiro atoms. The van der Waals surface area contributed by atoms with E-state index in [1.807, 2.05) is 11.8 Å². The van der Waals surface area contributed by atoms with Crippen LogP contribution in [0.25, 0.3) is 0 Å². The predicted octanol–water partition coefficient (Wildman–Crippen LogP) is -1.45. The normalized spacial score (nSPS) is 19.4. The summed E-state index contributed by atoms with van der Waals surface area (Å²) < 4.78 is 21.8. The molecule has 0 aromatic heterocycles. The molecule has 7 nitrogen and oxygen atoms in total. The molecule has 1 heterocycles. The lowest BCUT2D eigenvalue weighted by atomic mass is 10.1. The molecule has 1 saturated heterocycles. The van der Waals surface area contributed by atoms with E-state index >= 15 is 0 Å². The monoisotopic (exact) mass is 292 g/mol. The number of carbonyl (C=O) groups excluding carboxylic acids is 1. The van der Waals surface area contributed by atoms with Crippen LogP contribution in [0.2, 0.25) is 0 Å². The van der Waals surface area contributed by atoms with Gasteiger partial charge in [0.05, 0.1) is 11.8 Å². The molecule has 8 heteroatoms. The molecule has 0 aromatic carbocycles. The van der Waals surface area contributed by atoms with Gasteiger partial charge in [-0.3, -0.25) is 9.69 Å². The van der Waals surface area contributed by atoms with Crippen LogP contribution >= 0.6 is 0 Å². The minimum absolute atomic E-state index is 0.00653. The lowest BCUT2D eigenvalue weighted by molar-refractivity contribution is -0.134. The third-order valence-electron chi connectivity index (χ3n) is 3.29. The lowest BCUT2D eigenvalue weighted by Gasteiger charge is -2.35. The minimum atomic E-state index is -3.42. The Hall–Kier alpha value is -0.700. The topological polar surface area (TPSA) is 110 Å². The van der Waals surface area contributed by atoms with Crippen molar-refractivity contribution in [2.75, 3.05) is 38.5 Å². The number of amides is 1. The van der Waals surface area contributed by atoms with Crippen molar-refractivity contribution < 1.29 is 13.2 Å². The second-order valence-electron chi connectivity index (χ2n) is 4.93. The summed E-state index contributed by atoms with van der Waals surface area (Å²) in [6, 6.07) is -0.416. The third kappa shape index (κ3) is 5.85. The van der Waals surface area contributed by atoms with Crippen LogP contribution in [-0.2, 0) is 14.8 Å². The Morgan fingerprint density at radius 2 is 1.84 bits per heavy atom. The van der Waals surface area contributed by atoms with Crippen LogP contribution in [-0.4, -0.2) is 68.6 Å². The Morgan fingerprint density at radius 1 is 1.26 bits per heavy atom. The molecule has 0 radical (unpaired) electrons. The van der Waals surface area contributed by atoms with Crippen LogP contribution in [0.4, 0.5) is 0 Å². The van der Waals surface area contributed by atoms with E-state index in [1.54, 1.807) is 4.90 Å². The van der Waals surface area contributed by atoms with Gasteiger partial charge in [-0.25, -0.2) is 13.6 Å². The highest BCUT2D eigenvalue weighted by Crippen LogP contribution is 2.06. The zero-order valence-electron chi connectivity index (χ0n) is 11.4. The molecule has 0 saturated carbocycles. The molecule has 112 valence electrons. The second-order valence-corrected chi connectivity index (χ2v) is 6.66. The molecule has 1 rings (SSSR count). The first-order valence-electron chi connectivity index (χ1n) is 6.60. The van der Waals surface area contributed by atoms with Gasteiger partial charge in [-0.05, 0) is 6.42 Å². The molecule has 19 heavy (non-hydrogen) atoms. The second kappa shape index (κ2) is 7.18. The Labute approximate surface area is 115 Å². The maximum Gasteiger partial charge on any atom is 0.239 e. The Kier molecular flexibility index (Phi) is 6.18. The zero-order chi connectivity index (χ0) is 14.5. The van der Waals surface area contributed by atoms with Gasteiger partial charge in [0.1, 0.15) is 0 Å². The number of nitrogens with two attached hydrogens (primary N) is 2. The fourth-order valence-electron chi connectivity index (χ4n) is 2.12. The van der Waals surface area contributed by atoms with Gasteiger partial charge in [0.15, 0.2) is 0 Å². The van der Waals surface area contributed by atoms with Crippen LogP contribution < -0.4 is 10.9 Å². The molecule has 1 atom stereocenters. The van der Waals surface area contributed by atoms with Crippen molar-refractivity contribution in [1.29, 1.82) is 0 Å². The largest absolute Gasteiger partial charge is 0.339 e. The van der Waals surface area contributed by atoms with E-state index < -0.39 is 16.1 Å². The van der Waals surface area contributed by atoms with Crippen LogP contribution in [0.15, 0.2) is 0 Å². The van der Waals surface area contributed by atoms with Crippen molar-refractivity contribution in [3.05, 3.63) is 0 Å². The number of rotatable bonds is 6. The first-order valence-corrected chi connectivity index (χ1v) is 8.32. The third-order valence-corrected chi connectivity index (χ3v) is 4.04. The number of primary sulfonamides is 1. The maximum atomic E-state index is 12.0. The number of carbonyl (C=O) groups is 1. The van der Waals surface area contributed by atoms with Crippen LogP contribution in [0.1, 0.15) is 19.8 Å². The van der Waals surface area contributed by atoms with Crippen LogP contribution in [0.3, 0.4) is 0 Å². The summed E-state index contributed by atoms with van der Waals surface area (Å²) in [5.41, 5.74) is 5.81. The number of hydrogen-bond acceptors (Lipinski definition) is 5. The molecule has 1 unspecified atom stereocenters. The fraction of sp³-hybridized carbons (Fsp3) is 0.909. The minimum Gasteiger partial charge on any atom is -0.339 e. The summed E-state index contributed by atoms with van der Waals surface area (Å²) in [4.78, 5) is 15.7. The SMILES string of the molecule is CCCC(N)C(=O)N1CCN(CCS(N)(=O)=O)CC1. The number of piperazine rings is 1. The van der Waals surface area contributed by atoms with Crippen LogP contribution in [0.5, 0.6) is 0 Å². The van der Waals surface area contributed by atoms with Crippen molar-refractivity contribution in [2.24, 2.45) is 10.9 Å². The number of sulfonamides is 1. The van der Waals surface area contributed by atoms with Crippen molar-refractivity contribution in [3.8, 4) is 0 Å². The summed E-state index contributed by atoms with van der Waals surface area (Å²) >= 11 is 0. The van der Waals surface area contributed by atoms with E-state index in [0.29, 0.717) is 39.1 Å². The quantitative estimate of drug-likeness (QED) is 0.622. The number of nitrogens with zero attached hydrogens (tertiary/aromatic N) is 2.